The minimum absolute atomic E-state index is 0.161. The van der Waals surface area contributed by atoms with E-state index in [2.05, 4.69) is 0 Å². The number of anilines is 3. The number of fused-ring (bicyclic) bond motifs is 1. The summed E-state index contributed by atoms with van der Waals surface area (Å²) in [7, 11) is 0. The summed E-state index contributed by atoms with van der Waals surface area (Å²) in [5, 5.41) is -0.944. The van der Waals surface area contributed by atoms with Crippen molar-refractivity contribution >= 4 is 27.8 Å². The molecule has 6 aromatic rings. The Hall–Kier alpha value is -4.62. The number of hydrogen-bond acceptors (Lipinski definition) is 1. The van der Waals surface area contributed by atoms with Gasteiger partial charge >= 0.3 is 0 Å². The fourth-order valence-corrected chi connectivity index (χ4v) is 3.73. The van der Waals surface area contributed by atoms with Crippen LogP contribution in [0.15, 0.2) is 151 Å². The molecule has 0 aliphatic carbocycles. The molecule has 0 spiro atoms. The van der Waals surface area contributed by atoms with Gasteiger partial charge in [-0.15, -0.1) is 0 Å². The second kappa shape index (κ2) is 9.32. The van der Waals surface area contributed by atoms with E-state index in [1.54, 1.807) is 60.7 Å². The molecule has 0 aromatic heterocycles. The van der Waals surface area contributed by atoms with Crippen LogP contribution in [-0.2, 0) is 0 Å². The van der Waals surface area contributed by atoms with Crippen LogP contribution in [0.1, 0.15) is 20.6 Å². The summed E-state index contributed by atoms with van der Waals surface area (Å²) in [4.78, 5) is 1.52. The Bertz CT molecular complexity index is 2280. The van der Waals surface area contributed by atoms with Crippen LogP contribution >= 0.6 is 0 Å². The molecule has 1 nitrogen and oxygen atoms in total. The van der Waals surface area contributed by atoms with E-state index in [-0.39, 0.29) is 5.69 Å². The van der Waals surface area contributed by atoms with Crippen molar-refractivity contribution < 1.29 is 20.6 Å². The summed E-state index contributed by atoms with van der Waals surface area (Å²) >= 11 is 0. The van der Waals surface area contributed by atoms with Crippen LogP contribution in [0, 0.1) is 0 Å². The molecule has 0 aliphatic heterocycles. The molecule has 0 unspecified atom stereocenters. The molecule has 0 amide bonds. The predicted molar refractivity (Wildman–Crippen MR) is 150 cm³/mol. The smallest absolute Gasteiger partial charge is 0.0645 e. The van der Waals surface area contributed by atoms with Gasteiger partial charge in [-0.3, -0.25) is 0 Å². The standard InChI is InChI=1S/C34H25N/c1-4-12-26(13-5-1)33-24-28-14-10-11-15-29(28)25-34(33)27-20-22-32(23-21-27)35(30-16-6-2-7-17-30)31-18-8-3-9-19-31/h1-25H/i1D,4D,5D,10D,11D,12D,13D,14D,15D,20D,21D,22D,23D,24D,25D. The Kier molecular flexibility index (Phi) is 2.75. The van der Waals surface area contributed by atoms with Crippen molar-refractivity contribution in [3.8, 4) is 22.3 Å². The van der Waals surface area contributed by atoms with Crippen molar-refractivity contribution in [3.05, 3.63) is 151 Å². The average molecular weight is 463 g/mol. The Morgan fingerprint density at radius 2 is 0.886 bits per heavy atom. The van der Waals surface area contributed by atoms with Gasteiger partial charge in [-0.05, 0) is 81.5 Å². The van der Waals surface area contributed by atoms with E-state index < -0.39 is 124 Å². The normalized spacial score (nSPS) is 16.9. The third kappa shape index (κ3) is 4.20. The SMILES string of the molecule is [2H]c1c([2H])c([2H])c(-c2c(-c3c([2H])c([2H])c(N(c4ccccc4)c4ccccc4)c([2H])c3[2H])c([2H])c3c([2H])c([2H])c([2H])c([2H])c3c2[2H])c([2H])c1[2H]. The van der Waals surface area contributed by atoms with Gasteiger partial charge in [0.05, 0.1) is 20.6 Å². The Balaban J connectivity index is 1.83. The highest BCUT2D eigenvalue weighted by Gasteiger charge is 2.14. The van der Waals surface area contributed by atoms with Crippen molar-refractivity contribution in [3.63, 3.8) is 0 Å². The van der Waals surface area contributed by atoms with E-state index in [1.807, 2.05) is 0 Å². The molecule has 35 heavy (non-hydrogen) atoms. The van der Waals surface area contributed by atoms with E-state index in [0.717, 1.165) is 0 Å². The van der Waals surface area contributed by atoms with Crippen LogP contribution in [0.2, 0.25) is 0 Å². The van der Waals surface area contributed by atoms with Crippen molar-refractivity contribution in [1.29, 1.82) is 0 Å². The van der Waals surface area contributed by atoms with Crippen LogP contribution in [0.3, 0.4) is 0 Å². The van der Waals surface area contributed by atoms with Gasteiger partial charge in [-0.25, -0.2) is 0 Å². The number of benzene rings is 6. The van der Waals surface area contributed by atoms with Gasteiger partial charge in [0.1, 0.15) is 0 Å². The largest absolute Gasteiger partial charge is 0.311 e. The highest BCUT2D eigenvalue weighted by Crippen LogP contribution is 2.39. The molecule has 166 valence electrons. The Labute approximate surface area is 227 Å². The third-order valence-corrected chi connectivity index (χ3v) is 5.30. The summed E-state index contributed by atoms with van der Waals surface area (Å²) in [6, 6.07) is 6.56. The maximum absolute atomic E-state index is 9.32. The summed E-state index contributed by atoms with van der Waals surface area (Å²) in [6.45, 7) is 0. The van der Waals surface area contributed by atoms with Gasteiger partial charge in [-0.2, -0.15) is 0 Å². The second-order valence-corrected chi connectivity index (χ2v) is 7.48. The molecular formula is C34H25N. The highest BCUT2D eigenvalue weighted by molar-refractivity contribution is 5.96. The lowest BCUT2D eigenvalue weighted by Crippen LogP contribution is -2.09. The molecule has 0 heterocycles. The van der Waals surface area contributed by atoms with Gasteiger partial charge in [0.25, 0.3) is 0 Å². The van der Waals surface area contributed by atoms with Crippen molar-refractivity contribution in [2.24, 2.45) is 0 Å². The van der Waals surface area contributed by atoms with E-state index in [9.17, 15) is 8.22 Å². The first-order chi connectivity index (χ1) is 23.6. The first kappa shape index (κ1) is 10.3. The maximum Gasteiger partial charge on any atom is 0.0645 e. The molecule has 0 fully saturated rings. The predicted octanol–water partition coefficient (Wildman–Crippen LogP) is 9.64. The maximum atomic E-state index is 9.32. The molecule has 0 saturated carbocycles. The van der Waals surface area contributed by atoms with Gasteiger partial charge < -0.3 is 4.90 Å². The lowest BCUT2D eigenvalue weighted by Gasteiger charge is -2.25. The zero-order valence-corrected chi connectivity index (χ0v) is 18.2. The summed E-state index contributed by atoms with van der Waals surface area (Å²) in [5.41, 5.74) is -1.44. The molecule has 6 aromatic carbocycles. The van der Waals surface area contributed by atoms with Crippen LogP contribution in [-0.4, -0.2) is 0 Å². The van der Waals surface area contributed by atoms with Crippen LogP contribution < -0.4 is 4.90 Å². The Morgan fingerprint density at radius 1 is 0.429 bits per heavy atom. The zero-order valence-electron chi connectivity index (χ0n) is 33.2. The van der Waals surface area contributed by atoms with Gasteiger partial charge in [-0.1, -0.05) is 103 Å². The molecule has 6 rings (SSSR count). The molecule has 0 N–H and O–H groups in total. The van der Waals surface area contributed by atoms with E-state index in [0.29, 0.717) is 11.4 Å². The lowest BCUT2D eigenvalue weighted by molar-refractivity contribution is 1.28. The topological polar surface area (TPSA) is 3.24 Å². The Morgan fingerprint density at radius 3 is 1.40 bits per heavy atom. The molecule has 0 aliphatic rings. The first-order valence-corrected chi connectivity index (χ1v) is 10.7. The highest BCUT2D eigenvalue weighted by atomic mass is 15.1. The number of nitrogens with zero attached hydrogens (tertiary/aromatic N) is 1. The summed E-state index contributed by atoms with van der Waals surface area (Å²) < 4.78 is 131. The second-order valence-electron chi connectivity index (χ2n) is 7.48. The van der Waals surface area contributed by atoms with Crippen LogP contribution in [0.25, 0.3) is 33.0 Å². The molecule has 0 saturated heterocycles. The monoisotopic (exact) mass is 462 g/mol. The molecule has 0 radical (unpaired) electrons. The minimum Gasteiger partial charge on any atom is -0.311 e. The quantitative estimate of drug-likeness (QED) is 0.246. The summed E-state index contributed by atoms with van der Waals surface area (Å²) in [5.74, 6) is 0. The number of rotatable bonds is 5. The van der Waals surface area contributed by atoms with Crippen LogP contribution in [0.4, 0.5) is 17.1 Å². The van der Waals surface area contributed by atoms with Crippen molar-refractivity contribution in [2.45, 2.75) is 0 Å². The molecule has 0 atom stereocenters. The number of para-hydroxylation sites is 2. The van der Waals surface area contributed by atoms with Crippen molar-refractivity contribution in [1.82, 2.24) is 0 Å². The minimum atomic E-state index is -0.795. The third-order valence-electron chi connectivity index (χ3n) is 5.30. The van der Waals surface area contributed by atoms with E-state index in [1.165, 1.54) is 4.90 Å². The molecule has 1 heteroatoms. The fourth-order valence-electron chi connectivity index (χ4n) is 3.73. The van der Waals surface area contributed by atoms with E-state index in [4.69, 9.17) is 12.3 Å². The fraction of sp³-hybridized carbons (Fsp3) is 0. The van der Waals surface area contributed by atoms with Gasteiger partial charge in [0, 0.05) is 17.1 Å². The van der Waals surface area contributed by atoms with E-state index >= 15 is 0 Å². The molecular weight excluding hydrogens is 422 g/mol. The van der Waals surface area contributed by atoms with Gasteiger partial charge in [0.2, 0.25) is 0 Å². The average Bonchev–Trinajstić information content (AvgIpc) is 3.11. The lowest BCUT2D eigenvalue weighted by atomic mass is 9.91. The summed E-state index contributed by atoms with van der Waals surface area (Å²) in [6.07, 6.45) is 0. The van der Waals surface area contributed by atoms with Gasteiger partial charge in [0.15, 0.2) is 0 Å². The van der Waals surface area contributed by atoms with Crippen LogP contribution in [0.5, 0.6) is 0 Å². The molecule has 0 bridgehead atoms. The first-order valence-electron chi connectivity index (χ1n) is 18.2. The number of hydrogen-bond donors (Lipinski definition) is 0. The zero-order chi connectivity index (χ0) is 36.5. The van der Waals surface area contributed by atoms with Crippen molar-refractivity contribution in [2.75, 3.05) is 4.90 Å².